The van der Waals surface area contributed by atoms with Gasteiger partial charge < -0.3 is 9.64 Å². The summed E-state index contributed by atoms with van der Waals surface area (Å²) in [7, 11) is 0. The number of pyridine rings is 1. The fourth-order valence-electron chi connectivity index (χ4n) is 2.57. The van der Waals surface area contributed by atoms with Crippen molar-refractivity contribution < 1.29 is 9.53 Å². The summed E-state index contributed by atoms with van der Waals surface area (Å²) in [5.74, 6) is 0.750. The number of amides is 1. The number of likely N-dealkylation sites (tertiary alicyclic amines) is 1. The summed E-state index contributed by atoms with van der Waals surface area (Å²) in [5, 5.41) is 0.584. The van der Waals surface area contributed by atoms with Crippen LogP contribution in [0.3, 0.4) is 0 Å². The molecule has 4 nitrogen and oxygen atoms in total. The molecule has 1 aliphatic rings. The Kier molecular flexibility index (Phi) is 5.13. The summed E-state index contributed by atoms with van der Waals surface area (Å²) in [4.78, 5) is 18.0. The minimum Gasteiger partial charge on any atom is -0.471 e. The fraction of sp³-hybridized carbons (Fsp3) is 0.333. The number of rotatable bonds is 6. The lowest BCUT2D eigenvalue weighted by Crippen LogP contribution is -2.56. The maximum Gasteiger partial charge on any atom is 0.222 e. The Morgan fingerprint density at radius 2 is 2.00 bits per heavy atom. The van der Waals surface area contributed by atoms with Crippen molar-refractivity contribution in [2.24, 2.45) is 0 Å². The second kappa shape index (κ2) is 7.47. The average Bonchev–Trinajstić information content (AvgIpc) is 2.53. The zero-order valence-corrected chi connectivity index (χ0v) is 13.6. The highest BCUT2D eigenvalue weighted by Gasteiger charge is 2.31. The van der Waals surface area contributed by atoms with E-state index in [1.54, 1.807) is 18.3 Å². The van der Waals surface area contributed by atoms with Crippen molar-refractivity contribution >= 4 is 17.5 Å². The number of nitrogens with zero attached hydrogens (tertiary/aromatic N) is 2. The maximum absolute atomic E-state index is 12.1. The van der Waals surface area contributed by atoms with E-state index in [0.717, 1.165) is 12.8 Å². The number of aryl methyl sites for hydroxylation is 1. The molecule has 1 aromatic heterocycles. The standard InChI is InChI=1S/C18H19ClN2O2/c19-15-9-10-17(20-11-15)23-16-12-21(13-16)18(22)8-4-7-14-5-2-1-3-6-14/h1-3,5-6,9-11,16H,4,7-8,12-13H2. The molecule has 0 spiro atoms. The molecule has 0 saturated carbocycles. The fourth-order valence-corrected chi connectivity index (χ4v) is 2.68. The highest BCUT2D eigenvalue weighted by molar-refractivity contribution is 6.30. The highest BCUT2D eigenvalue weighted by Crippen LogP contribution is 2.19. The molecule has 0 unspecified atom stereocenters. The van der Waals surface area contributed by atoms with Crippen LogP contribution in [0, 0.1) is 0 Å². The molecule has 0 atom stereocenters. The van der Waals surface area contributed by atoms with E-state index >= 15 is 0 Å². The van der Waals surface area contributed by atoms with Crippen molar-refractivity contribution in [1.82, 2.24) is 9.88 Å². The first-order valence-corrected chi connectivity index (χ1v) is 8.18. The number of hydrogen-bond acceptors (Lipinski definition) is 3. The van der Waals surface area contributed by atoms with Crippen molar-refractivity contribution in [1.29, 1.82) is 0 Å². The molecule has 0 aliphatic carbocycles. The second-order valence-corrected chi connectivity index (χ2v) is 6.13. The lowest BCUT2D eigenvalue weighted by molar-refractivity contribution is -0.140. The Bertz CT molecular complexity index is 640. The normalized spacial score (nSPS) is 14.4. The van der Waals surface area contributed by atoms with Gasteiger partial charge in [0.2, 0.25) is 11.8 Å². The van der Waals surface area contributed by atoms with Gasteiger partial charge >= 0.3 is 0 Å². The number of ether oxygens (including phenoxy) is 1. The van der Waals surface area contributed by atoms with E-state index in [1.165, 1.54) is 5.56 Å². The minimum atomic E-state index is 0.0294. The minimum absolute atomic E-state index is 0.0294. The van der Waals surface area contributed by atoms with Gasteiger partial charge in [0.1, 0.15) is 6.10 Å². The van der Waals surface area contributed by atoms with E-state index in [4.69, 9.17) is 16.3 Å². The van der Waals surface area contributed by atoms with Crippen LogP contribution in [0.2, 0.25) is 5.02 Å². The van der Waals surface area contributed by atoms with E-state index < -0.39 is 0 Å². The molecule has 1 aliphatic heterocycles. The molecule has 0 radical (unpaired) electrons. The van der Waals surface area contributed by atoms with Gasteiger partial charge in [-0.3, -0.25) is 4.79 Å². The zero-order valence-electron chi connectivity index (χ0n) is 12.8. The average molecular weight is 331 g/mol. The van der Waals surface area contributed by atoms with Gasteiger partial charge in [-0.25, -0.2) is 4.98 Å². The molecular formula is C18H19ClN2O2. The van der Waals surface area contributed by atoms with Gasteiger partial charge in [-0.2, -0.15) is 0 Å². The van der Waals surface area contributed by atoms with Crippen LogP contribution in [-0.4, -0.2) is 35.0 Å². The number of benzene rings is 1. The number of aromatic nitrogens is 1. The highest BCUT2D eigenvalue weighted by atomic mass is 35.5. The summed E-state index contributed by atoms with van der Waals surface area (Å²) in [5.41, 5.74) is 1.28. The SMILES string of the molecule is O=C(CCCc1ccccc1)N1CC(Oc2ccc(Cl)cn2)C1. The first kappa shape index (κ1) is 15.8. The van der Waals surface area contributed by atoms with Gasteiger partial charge in [-0.05, 0) is 24.5 Å². The molecule has 0 N–H and O–H groups in total. The lowest BCUT2D eigenvalue weighted by atomic mass is 10.1. The molecule has 1 saturated heterocycles. The molecule has 2 aromatic rings. The van der Waals surface area contributed by atoms with Crippen molar-refractivity contribution in [3.8, 4) is 5.88 Å². The monoisotopic (exact) mass is 330 g/mol. The summed E-state index contributed by atoms with van der Waals surface area (Å²) in [6.07, 6.45) is 3.99. The Balaban J connectivity index is 1.35. The molecule has 23 heavy (non-hydrogen) atoms. The van der Waals surface area contributed by atoms with Gasteiger partial charge in [-0.1, -0.05) is 41.9 Å². The van der Waals surface area contributed by atoms with Crippen LogP contribution >= 0.6 is 11.6 Å². The first-order valence-electron chi connectivity index (χ1n) is 7.80. The largest absolute Gasteiger partial charge is 0.471 e. The molecule has 5 heteroatoms. The smallest absolute Gasteiger partial charge is 0.222 e. The van der Waals surface area contributed by atoms with Crippen molar-refractivity contribution in [2.45, 2.75) is 25.4 Å². The van der Waals surface area contributed by atoms with E-state index in [9.17, 15) is 4.79 Å². The third kappa shape index (κ3) is 4.45. The van der Waals surface area contributed by atoms with Crippen LogP contribution in [0.5, 0.6) is 5.88 Å². The predicted octanol–water partition coefficient (Wildman–Crippen LogP) is 3.35. The third-order valence-electron chi connectivity index (χ3n) is 3.89. The number of halogens is 1. The van der Waals surface area contributed by atoms with Gasteiger partial charge in [0, 0.05) is 18.7 Å². The molecule has 1 aromatic carbocycles. The van der Waals surface area contributed by atoms with E-state index in [1.807, 2.05) is 23.1 Å². The summed E-state index contributed by atoms with van der Waals surface area (Å²) in [6, 6.07) is 13.7. The van der Waals surface area contributed by atoms with Gasteiger partial charge in [0.25, 0.3) is 0 Å². The second-order valence-electron chi connectivity index (χ2n) is 5.69. The molecule has 1 amide bonds. The molecule has 0 bridgehead atoms. The summed E-state index contributed by atoms with van der Waals surface area (Å²) in [6.45, 7) is 1.27. The number of carbonyl (C=O) groups excluding carboxylic acids is 1. The van der Waals surface area contributed by atoms with Crippen LogP contribution in [0.1, 0.15) is 18.4 Å². The van der Waals surface area contributed by atoms with Crippen molar-refractivity contribution in [3.63, 3.8) is 0 Å². The third-order valence-corrected chi connectivity index (χ3v) is 4.11. The van der Waals surface area contributed by atoms with Crippen LogP contribution in [0.15, 0.2) is 48.7 Å². The first-order chi connectivity index (χ1) is 11.2. The van der Waals surface area contributed by atoms with Crippen LogP contribution in [0.4, 0.5) is 0 Å². The molecule has 3 rings (SSSR count). The topological polar surface area (TPSA) is 42.4 Å². The Labute approximate surface area is 141 Å². The molecule has 120 valence electrons. The zero-order chi connectivity index (χ0) is 16.1. The molecule has 1 fully saturated rings. The van der Waals surface area contributed by atoms with Gasteiger partial charge in [0.05, 0.1) is 18.1 Å². The van der Waals surface area contributed by atoms with Crippen LogP contribution in [0.25, 0.3) is 0 Å². The van der Waals surface area contributed by atoms with Gasteiger partial charge in [-0.15, -0.1) is 0 Å². The number of carbonyl (C=O) groups is 1. The summed E-state index contributed by atoms with van der Waals surface area (Å²) >= 11 is 5.78. The predicted molar refractivity (Wildman–Crippen MR) is 89.6 cm³/mol. The van der Waals surface area contributed by atoms with Crippen molar-refractivity contribution in [3.05, 3.63) is 59.2 Å². The van der Waals surface area contributed by atoms with E-state index in [2.05, 4.69) is 17.1 Å². The van der Waals surface area contributed by atoms with Gasteiger partial charge in [0.15, 0.2) is 0 Å². The quantitative estimate of drug-likeness (QED) is 0.815. The molecule has 2 heterocycles. The lowest BCUT2D eigenvalue weighted by Gasteiger charge is -2.38. The summed E-state index contributed by atoms with van der Waals surface area (Å²) < 4.78 is 5.70. The van der Waals surface area contributed by atoms with Crippen LogP contribution in [-0.2, 0) is 11.2 Å². The Morgan fingerprint density at radius 3 is 2.70 bits per heavy atom. The van der Waals surface area contributed by atoms with E-state index in [-0.39, 0.29) is 12.0 Å². The van der Waals surface area contributed by atoms with Crippen molar-refractivity contribution in [2.75, 3.05) is 13.1 Å². The maximum atomic E-state index is 12.1. The Morgan fingerprint density at radius 1 is 1.22 bits per heavy atom. The van der Waals surface area contributed by atoms with Crippen LogP contribution < -0.4 is 4.74 Å². The Hall–Kier alpha value is -2.07. The van der Waals surface area contributed by atoms with E-state index in [0.29, 0.717) is 30.4 Å². The number of hydrogen-bond donors (Lipinski definition) is 0. The molecular weight excluding hydrogens is 312 g/mol.